The van der Waals surface area contributed by atoms with Gasteiger partial charge < -0.3 is 14.8 Å². The molecule has 0 amide bonds. The van der Waals surface area contributed by atoms with Gasteiger partial charge in [0.05, 0.1) is 19.5 Å². The van der Waals surface area contributed by atoms with E-state index in [2.05, 4.69) is 5.32 Å². The van der Waals surface area contributed by atoms with Crippen LogP contribution in [-0.4, -0.2) is 40.2 Å². The smallest absolute Gasteiger partial charge is 0.162 e. The van der Waals surface area contributed by atoms with Gasteiger partial charge in [0.25, 0.3) is 0 Å². The maximum atomic E-state index is 11.8. The fourth-order valence-electron chi connectivity index (χ4n) is 2.74. The fraction of sp³-hybridized carbons (Fsp3) is 0.571. The van der Waals surface area contributed by atoms with E-state index in [1.54, 1.807) is 14.2 Å². The Bertz CT molecular complexity index is 571. The summed E-state index contributed by atoms with van der Waals surface area (Å²) in [5, 5.41) is 3.00. The summed E-state index contributed by atoms with van der Waals surface area (Å²) >= 11 is 0. The minimum Gasteiger partial charge on any atom is -0.493 e. The second-order valence-electron chi connectivity index (χ2n) is 5.12. The van der Waals surface area contributed by atoms with E-state index < -0.39 is 9.84 Å². The van der Waals surface area contributed by atoms with E-state index in [0.29, 0.717) is 11.5 Å². The number of anilines is 1. The number of benzene rings is 1. The van der Waals surface area contributed by atoms with E-state index in [1.165, 1.54) is 6.26 Å². The Morgan fingerprint density at radius 1 is 1.15 bits per heavy atom. The van der Waals surface area contributed by atoms with Crippen molar-refractivity contribution < 1.29 is 17.9 Å². The summed E-state index contributed by atoms with van der Waals surface area (Å²) < 4.78 is 34.0. The van der Waals surface area contributed by atoms with Crippen molar-refractivity contribution >= 4 is 15.5 Å². The van der Waals surface area contributed by atoms with Crippen LogP contribution < -0.4 is 14.8 Å². The van der Waals surface area contributed by atoms with Crippen LogP contribution >= 0.6 is 0 Å². The van der Waals surface area contributed by atoms with Gasteiger partial charge in [-0.3, -0.25) is 0 Å². The number of sulfone groups is 1. The molecule has 0 bridgehead atoms. The Morgan fingerprint density at radius 2 is 1.85 bits per heavy atom. The minimum absolute atomic E-state index is 0.0388. The molecule has 2 unspecified atom stereocenters. The molecule has 2 rings (SSSR count). The largest absolute Gasteiger partial charge is 0.493 e. The standard InChI is InChI=1S/C14H21NO4S/c1-18-12-8-7-10(9-13(12)19-2)15-11-5-4-6-14(11)20(3,16)17/h7-9,11,14-15H,4-6H2,1-3H3. The zero-order chi connectivity index (χ0) is 14.8. The summed E-state index contributed by atoms with van der Waals surface area (Å²) in [6, 6.07) is 5.48. The number of rotatable bonds is 5. The monoisotopic (exact) mass is 299 g/mol. The van der Waals surface area contributed by atoms with Crippen molar-refractivity contribution in [3.8, 4) is 11.5 Å². The molecule has 0 saturated heterocycles. The summed E-state index contributed by atoms with van der Waals surface area (Å²) in [5.74, 6) is 1.29. The van der Waals surface area contributed by atoms with Crippen LogP contribution in [0.5, 0.6) is 11.5 Å². The molecule has 112 valence electrons. The molecular weight excluding hydrogens is 278 g/mol. The Labute approximate surface area is 120 Å². The third-order valence-electron chi connectivity index (χ3n) is 3.74. The van der Waals surface area contributed by atoms with Crippen molar-refractivity contribution in [2.24, 2.45) is 0 Å². The Kier molecular flexibility index (Phi) is 4.42. The molecule has 1 aliphatic carbocycles. The van der Waals surface area contributed by atoms with Crippen molar-refractivity contribution in [3.05, 3.63) is 18.2 Å². The molecule has 0 spiro atoms. The molecule has 0 radical (unpaired) electrons. The summed E-state index contributed by atoms with van der Waals surface area (Å²) in [7, 11) is 0.146. The maximum absolute atomic E-state index is 11.8. The van der Waals surface area contributed by atoms with E-state index in [0.717, 1.165) is 24.9 Å². The van der Waals surface area contributed by atoms with Crippen molar-refractivity contribution in [1.82, 2.24) is 0 Å². The summed E-state index contributed by atoms with van der Waals surface area (Å²) in [4.78, 5) is 0. The van der Waals surface area contributed by atoms with Gasteiger partial charge in [0.15, 0.2) is 21.3 Å². The van der Waals surface area contributed by atoms with Gasteiger partial charge in [-0.1, -0.05) is 0 Å². The molecule has 5 nitrogen and oxygen atoms in total. The molecule has 2 atom stereocenters. The number of nitrogens with one attached hydrogen (secondary N) is 1. The van der Waals surface area contributed by atoms with Crippen molar-refractivity contribution in [2.45, 2.75) is 30.6 Å². The van der Waals surface area contributed by atoms with Gasteiger partial charge in [-0.15, -0.1) is 0 Å². The number of hydrogen-bond donors (Lipinski definition) is 1. The molecule has 0 aromatic heterocycles. The topological polar surface area (TPSA) is 64.6 Å². The Morgan fingerprint density at radius 3 is 2.45 bits per heavy atom. The first-order chi connectivity index (χ1) is 9.45. The lowest BCUT2D eigenvalue weighted by molar-refractivity contribution is 0.355. The Hall–Kier alpha value is -1.43. The molecule has 0 aliphatic heterocycles. The van der Waals surface area contributed by atoms with Crippen LogP contribution in [0.4, 0.5) is 5.69 Å². The highest BCUT2D eigenvalue weighted by atomic mass is 32.2. The average Bonchev–Trinajstić information content (AvgIpc) is 2.86. The van der Waals surface area contributed by atoms with Crippen LogP contribution in [0.15, 0.2) is 18.2 Å². The summed E-state index contributed by atoms with van der Waals surface area (Å²) in [6.07, 6.45) is 3.84. The first-order valence-corrected chi connectivity index (χ1v) is 8.58. The zero-order valence-corrected chi connectivity index (χ0v) is 12.9. The second-order valence-corrected chi connectivity index (χ2v) is 7.38. The van der Waals surface area contributed by atoms with E-state index in [9.17, 15) is 8.42 Å². The molecule has 1 fully saturated rings. The van der Waals surface area contributed by atoms with Crippen molar-refractivity contribution in [3.63, 3.8) is 0 Å². The maximum Gasteiger partial charge on any atom is 0.162 e. The van der Waals surface area contributed by atoms with Gasteiger partial charge in [-0.25, -0.2) is 8.42 Å². The Balaban J connectivity index is 2.17. The predicted molar refractivity (Wildman–Crippen MR) is 79.4 cm³/mol. The predicted octanol–water partition coefficient (Wildman–Crippen LogP) is 2.08. The van der Waals surface area contributed by atoms with Crippen LogP contribution in [0.25, 0.3) is 0 Å². The lowest BCUT2D eigenvalue weighted by Crippen LogP contribution is -2.34. The van der Waals surface area contributed by atoms with Gasteiger partial charge in [0.1, 0.15) is 0 Å². The van der Waals surface area contributed by atoms with Crippen LogP contribution in [0.1, 0.15) is 19.3 Å². The second kappa shape index (κ2) is 5.91. The van der Waals surface area contributed by atoms with Crippen LogP contribution in [0.3, 0.4) is 0 Å². The number of methoxy groups -OCH3 is 2. The SMILES string of the molecule is COc1ccc(NC2CCCC2S(C)(=O)=O)cc1OC. The molecule has 6 heteroatoms. The molecule has 20 heavy (non-hydrogen) atoms. The molecule has 1 aromatic carbocycles. The number of hydrogen-bond acceptors (Lipinski definition) is 5. The van der Waals surface area contributed by atoms with E-state index in [-0.39, 0.29) is 11.3 Å². The molecule has 1 aromatic rings. The van der Waals surface area contributed by atoms with Crippen LogP contribution in [0, 0.1) is 0 Å². The third kappa shape index (κ3) is 3.17. The van der Waals surface area contributed by atoms with E-state index >= 15 is 0 Å². The van der Waals surface area contributed by atoms with Gasteiger partial charge >= 0.3 is 0 Å². The van der Waals surface area contributed by atoms with Crippen LogP contribution in [0.2, 0.25) is 0 Å². The first kappa shape index (κ1) is 15.0. The van der Waals surface area contributed by atoms with Gasteiger partial charge in [-0.05, 0) is 31.4 Å². The molecule has 1 aliphatic rings. The van der Waals surface area contributed by atoms with Gasteiger partial charge in [0, 0.05) is 24.1 Å². The molecule has 1 saturated carbocycles. The highest BCUT2D eigenvalue weighted by Gasteiger charge is 2.34. The van der Waals surface area contributed by atoms with Gasteiger partial charge in [0.2, 0.25) is 0 Å². The normalized spacial score (nSPS) is 22.6. The summed E-state index contributed by atoms with van der Waals surface area (Å²) in [6.45, 7) is 0. The first-order valence-electron chi connectivity index (χ1n) is 6.63. The minimum atomic E-state index is -3.02. The van der Waals surface area contributed by atoms with E-state index in [4.69, 9.17) is 9.47 Å². The van der Waals surface area contributed by atoms with Crippen LogP contribution in [-0.2, 0) is 9.84 Å². The zero-order valence-electron chi connectivity index (χ0n) is 12.0. The lowest BCUT2D eigenvalue weighted by atomic mass is 10.2. The summed E-state index contributed by atoms with van der Waals surface area (Å²) in [5.41, 5.74) is 0.850. The number of ether oxygens (including phenoxy) is 2. The van der Waals surface area contributed by atoms with Crippen molar-refractivity contribution in [1.29, 1.82) is 0 Å². The van der Waals surface area contributed by atoms with E-state index in [1.807, 2.05) is 18.2 Å². The highest BCUT2D eigenvalue weighted by Crippen LogP contribution is 2.33. The third-order valence-corrected chi connectivity index (χ3v) is 5.40. The molecular formula is C14H21NO4S. The lowest BCUT2D eigenvalue weighted by Gasteiger charge is -2.21. The average molecular weight is 299 g/mol. The quantitative estimate of drug-likeness (QED) is 0.902. The molecule has 0 heterocycles. The van der Waals surface area contributed by atoms with Gasteiger partial charge in [-0.2, -0.15) is 0 Å². The molecule has 1 N–H and O–H groups in total. The fourth-order valence-corrected chi connectivity index (χ4v) is 4.14. The highest BCUT2D eigenvalue weighted by molar-refractivity contribution is 7.91. The van der Waals surface area contributed by atoms with Crippen molar-refractivity contribution in [2.75, 3.05) is 25.8 Å².